The fraction of sp³-hybridized carbons (Fsp3) is 0.0714. The van der Waals surface area contributed by atoms with E-state index >= 15 is 0 Å². The first-order chi connectivity index (χ1) is 9.58. The first-order valence-corrected chi connectivity index (χ1v) is 7.10. The molecule has 2 aromatic carbocycles. The average molecular weight is 289 g/mol. The molecule has 0 aliphatic rings. The third-order valence-corrected chi connectivity index (χ3v) is 3.90. The second kappa shape index (κ2) is 5.69. The largest absolute Gasteiger partial charge is 0.495 e. The van der Waals surface area contributed by atoms with Crippen LogP contribution in [0.25, 0.3) is 11.1 Å². The van der Waals surface area contributed by atoms with Gasteiger partial charge in [0, 0.05) is 0 Å². The van der Waals surface area contributed by atoms with Gasteiger partial charge >= 0.3 is 0 Å². The molecule has 102 valence electrons. The summed E-state index contributed by atoms with van der Waals surface area (Å²) < 4.78 is 31.6. The Morgan fingerprint density at radius 2 is 1.75 bits per heavy atom. The van der Waals surface area contributed by atoms with Crippen LogP contribution in [0.3, 0.4) is 0 Å². The van der Waals surface area contributed by atoms with Crippen molar-refractivity contribution in [2.24, 2.45) is 4.40 Å². The third-order valence-electron chi connectivity index (χ3n) is 2.71. The van der Waals surface area contributed by atoms with E-state index in [1.165, 1.54) is 19.2 Å². The maximum absolute atomic E-state index is 11.9. The summed E-state index contributed by atoms with van der Waals surface area (Å²) in [5.41, 5.74) is 1.53. The minimum Gasteiger partial charge on any atom is -0.495 e. The second-order valence-corrected chi connectivity index (χ2v) is 5.46. The SMILES string of the molecule is COc1ccc(-c2ccccc2)cc1S(=O)(=O)N=C=O. The van der Waals surface area contributed by atoms with E-state index in [9.17, 15) is 13.2 Å². The van der Waals surface area contributed by atoms with Gasteiger partial charge in [-0.25, -0.2) is 4.79 Å². The van der Waals surface area contributed by atoms with Crippen LogP contribution in [0.1, 0.15) is 0 Å². The van der Waals surface area contributed by atoms with Gasteiger partial charge in [-0.05, 0) is 23.3 Å². The van der Waals surface area contributed by atoms with Crippen LogP contribution >= 0.6 is 0 Å². The molecule has 0 heterocycles. The fourth-order valence-electron chi connectivity index (χ4n) is 1.79. The molecule has 0 saturated heterocycles. The molecule has 0 atom stereocenters. The lowest BCUT2D eigenvalue weighted by molar-refractivity contribution is 0.403. The smallest absolute Gasteiger partial charge is 0.296 e. The molecule has 0 radical (unpaired) electrons. The lowest BCUT2D eigenvalue weighted by atomic mass is 10.1. The predicted octanol–water partition coefficient (Wildman–Crippen LogP) is 2.39. The van der Waals surface area contributed by atoms with Crippen LogP contribution in [0.2, 0.25) is 0 Å². The van der Waals surface area contributed by atoms with Crippen molar-refractivity contribution in [3.63, 3.8) is 0 Å². The highest BCUT2D eigenvalue weighted by molar-refractivity contribution is 7.90. The van der Waals surface area contributed by atoms with Crippen LogP contribution in [0.4, 0.5) is 0 Å². The number of hydrogen-bond donors (Lipinski definition) is 0. The molecule has 0 aromatic heterocycles. The average Bonchev–Trinajstić information content (AvgIpc) is 2.47. The molecular formula is C14H11NO4S. The van der Waals surface area contributed by atoms with Gasteiger partial charge in [0.2, 0.25) is 0 Å². The molecular weight excluding hydrogens is 278 g/mol. The van der Waals surface area contributed by atoms with Crippen molar-refractivity contribution in [3.8, 4) is 16.9 Å². The number of isocyanates is 1. The van der Waals surface area contributed by atoms with Gasteiger partial charge in [0.15, 0.2) is 0 Å². The number of ether oxygens (including phenoxy) is 1. The van der Waals surface area contributed by atoms with E-state index in [1.807, 2.05) is 30.3 Å². The third kappa shape index (κ3) is 2.77. The van der Waals surface area contributed by atoms with Gasteiger partial charge in [-0.3, -0.25) is 0 Å². The molecule has 0 amide bonds. The number of hydrogen-bond acceptors (Lipinski definition) is 4. The van der Waals surface area contributed by atoms with Crippen LogP contribution in [-0.2, 0) is 14.8 Å². The van der Waals surface area contributed by atoms with Crippen LogP contribution in [-0.4, -0.2) is 21.6 Å². The van der Waals surface area contributed by atoms with E-state index in [-0.39, 0.29) is 10.6 Å². The minimum atomic E-state index is -4.11. The molecule has 5 nitrogen and oxygen atoms in total. The standard InChI is InChI=1S/C14H11NO4S/c1-19-13-8-7-12(11-5-3-2-4-6-11)9-14(13)20(17,18)15-10-16/h2-9H,1H3. The zero-order valence-electron chi connectivity index (χ0n) is 10.6. The number of rotatable bonds is 4. The van der Waals surface area contributed by atoms with Crippen LogP contribution in [0.5, 0.6) is 5.75 Å². The summed E-state index contributed by atoms with van der Waals surface area (Å²) in [7, 11) is -2.76. The Hall–Kier alpha value is -2.43. The normalized spacial score (nSPS) is 10.7. The Balaban J connectivity index is 2.65. The van der Waals surface area contributed by atoms with Crippen molar-refractivity contribution in [2.45, 2.75) is 4.90 Å². The summed E-state index contributed by atoms with van der Waals surface area (Å²) >= 11 is 0. The monoisotopic (exact) mass is 289 g/mol. The van der Waals surface area contributed by atoms with Crippen molar-refractivity contribution in [1.82, 2.24) is 0 Å². The summed E-state index contributed by atoms with van der Waals surface area (Å²) in [6.45, 7) is 0. The van der Waals surface area contributed by atoms with Crippen molar-refractivity contribution in [2.75, 3.05) is 7.11 Å². The second-order valence-electron chi connectivity index (χ2n) is 3.89. The quantitative estimate of drug-likeness (QED) is 0.640. The summed E-state index contributed by atoms with van der Waals surface area (Å²) in [6.07, 6.45) is 1.05. The number of sulfonamides is 1. The highest BCUT2D eigenvalue weighted by Gasteiger charge is 2.19. The minimum absolute atomic E-state index is 0.128. The van der Waals surface area contributed by atoms with Gasteiger partial charge in [0.25, 0.3) is 16.1 Å². The highest BCUT2D eigenvalue weighted by atomic mass is 32.2. The van der Waals surface area contributed by atoms with E-state index in [0.29, 0.717) is 5.56 Å². The Labute approximate surface area is 116 Å². The molecule has 0 bridgehead atoms. The van der Waals surface area contributed by atoms with E-state index in [0.717, 1.165) is 11.6 Å². The molecule has 2 aromatic rings. The van der Waals surface area contributed by atoms with Gasteiger partial charge in [0.1, 0.15) is 10.6 Å². The van der Waals surface area contributed by atoms with Gasteiger partial charge in [-0.2, -0.15) is 8.42 Å². The summed E-state index contributed by atoms with van der Waals surface area (Å²) in [6, 6.07) is 13.9. The van der Waals surface area contributed by atoms with Crippen LogP contribution < -0.4 is 4.74 Å². The Kier molecular flexibility index (Phi) is 3.98. The number of nitrogens with zero attached hydrogens (tertiary/aromatic N) is 1. The van der Waals surface area contributed by atoms with Crippen molar-refractivity contribution >= 4 is 16.1 Å². The Bertz CT molecular complexity index is 763. The summed E-state index contributed by atoms with van der Waals surface area (Å²) in [4.78, 5) is 10.1. The molecule has 0 saturated carbocycles. The van der Waals surface area contributed by atoms with E-state index in [2.05, 4.69) is 4.40 Å². The summed E-state index contributed by atoms with van der Waals surface area (Å²) in [5, 5.41) is 0. The number of methoxy groups -OCH3 is 1. The van der Waals surface area contributed by atoms with E-state index in [4.69, 9.17) is 4.74 Å². The molecule has 20 heavy (non-hydrogen) atoms. The highest BCUT2D eigenvalue weighted by Crippen LogP contribution is 2.30. The molecule has 0 unspecified atom stereocenters. The molecule has 0 N–H and O–H groups in total. The zero-order chi connectivity index (χ0) is 14.6. The van der Waals surface area contributed by atoms with Crippen molar-refractivity contribution in [3.05, 3.63) is 48.5 Å². The van der Waals surface area contributed by atoms with Gasteiger partial charge < -0.3 is 4.74 Å². The number of carbonyl (C=O) groups excluding carboxylic acids is 1. The predicted molar refractivity (Wildman–Crippen MR) is 73.7 cm³/mol. The molecule has 0 fully saturated rings. The van der Waals surface area contributed by atoms with E-state index < -0.39 is 10.0 Å². The first kappa shape index (κ1) is 14.0. The Morgan fingerprint density at radius 1 is 1.05 bits per heavy atom. The zero-order valence-corrected chi connectivity index (χ0v) is 11.4. The van der Waals surface area contributed by atoms with E-state index in [1.54, 1.807) is 6.07 Å². The molecule has 0 aliphatic carbocycles. The van der Waals surface area contributed by atoms with Gasteiger partial charge in [0.05, 0.1) is 7.11 Å². The Morgan fingerprint density at radius 3 is 2.35 bits per heavy atom. The summed E-state index contributed by atoms with van der Waals surface area (Å²) in [5.74, 6) is 0.128. The lowest BCUT2D eigenvalue weighted by Gasteiger charge is -2.08. The topological polar surface area (TPSA) is 72.8 Å². The molecule has 0 aliphatic heterocycles. The van der Waals surface area contributed by atoms with Crippen LogP contribution in [0.15, 0.2) is 57.8 Å². The van der Waals surface area contributed by atoms with Crippen molar-refractivity contribution < 1.29 is 17.9 Å². The van der Waals surface area contributed by atoms with Crippen molar-refractivity contribution in [1.29, 1.82) is 0 Å². The maximum atomic E-state index is 11.9. The molecule has 6 heteroatoms. The van der Waals surface area contributed by atoms with Crippen LogP contribution in [0, 0.1) is 0 Å². The van der Waals surface area contributed by atoms with Gasteiger partial charge in [-0.1, -0.05) is 40.8 Å². The number of benzene rings is 2. The lowest BCUT2D eigenvalue weighted by Crippen LogP contribution is -2.00. The molecule has 2 rings (SSSR count). The maximum Gasteiger partial charge on any atom is 0.296 e. The fourth-order valence-corrected chi connectivity index (χ4v) is 2.66. The van der Waals surface area contributed by atoms with Gasteiger partial charge in [-0.15, -0.1) is 0 Å². The molecule has 0 spiro atoms. The first-order valence-electron chi connectivity index (χ1n) is 5.66.